The van der Waals surface area contributed by atoms with Crippen LogP contribution in [0.5, 0.6) is 0 Å². The van der Waals surface area contributed by atoms with Crippen molar-refractivity contribution in [3.63, 3.8) is 0 Å². The van der Waals surface area contributed by atoms with E-state index < -0.39 is 0 Å². The lowest BCUT2D eigenvalue weighted by Crippen LogP contribution is -2.31. The van der Waals surface area contributed by atoms with Gasteiger partial charge in [0.05, 0.1) is 0 Å². The van der Waals surface area contributed by atoms with Gasteiger partial charge in [0.15, 0.2) is 0 Å². The van der Waals surface area contributed by atoms with Gasteiger partial charge in [0.25, 0.3) is 5.91 Å². The summed E-state index contributed by atoms with van der Waals surface area (Å²) in [4.78, 5) is 23.3. The predicted molar refractivity (Wildman–Crippen MR) is 92.0 cm³/mol. The summed E-state index contributed by atoms with van der Waals surface area (Å²) in [6, 6.07) is 7.54. The Bertz CT molecular complexity index is 708. The van der Waals surface area contributed by atoms with Gasteiger partial charge in [-0.15, -0.1) is 0 Å². The van der Waals surface area contributed by atoms with E-state index in [1.807, 2.05) is 25.1 Å². The quantitative estimate of drug-likeness (QED) is 0.944. The normalized spacial score (nSPS) is 14.6. The molecule has 1 amide bonds. The molecule has 1 N–H and O–H groups in total. The Morgan fingerprint density at radius 1 is 1.09 bits per heavy atom. The number of rotatable bonds is 3. The number of anilines is 2. The van der Waals surface area contributed by atoms with Crippen molar-refractivity contribution in [3.8, 4) is 0 Å². The highest BCUT2D eigenvalue weighted by Crippen LogP contribution is 2.17. The third-order valence-corrected chi connectivity index (χ3v) is 4.28. The van der Waals surface area contributed by atoms with Gasteiger partial charge in [-0.1, -0.05) is 6.07 Å². The van der Waals surface area contributed by atoms with Crippen molar-refractivity contribution >= 4 is 17.5 Å². The highest BCUT2D eigenvalue weighted by Gasteiger charge is 2.16. The maximum absolute atomic E-state index is 12.4. The van der Waals surface area contributed by atoms with Gasteiger partial charge in [-0.2, -0.15) is 0 Å². The third-order valence-electron chi connectivity index (χ3n) is 4.28. The fourth-order valence-corrected chi connectivity index (χ4v) is 2.74. The molecule has 120 valence electrons. The first-order chi connectivity index (χ1) is 11.1. The lowest BCUT2D eigenvalue weighted by atomic mass is 10.1. The molecule has 2 heterocycles. The molecule has 0 unspecified atom stereocenters. The Kier molecular flexibility index (Phi) is 4.55. The Morgan fingerprint density at radius 3 is 2.61 bits per heavy atom. The monoisotopic (exact) mass is 310 g/mol. The molecule has 1 aromatic carbocycles. The number of amides is 1. The van der Waals surface area contributed by atoms with Crippen LogP contribution in [0.25, 0.3) is 0 Å². The van der Waals surface area contributed by atoms with Gasteiger partial charge in [0, 0.05) is 25.0 Å². The Morgan fingerprint density at radius 2 is 1.87 bits per heavy atom. The predicted octanol–water partition coefficient (Wildman–Crippen LogP) is 3.34. The molecule has 0 aliphatic carbocycles. The molecular weight excluding hydrogens is 288 g/mol. The standard InChI is InChI=1S/C18H22N4O/c1-13-6-7-15(12-14(13)2)20-17(23)16-8-9-19-18(21-16)22-10-4-3-5-11-22/h6-9,12H,3-5,10-11H2,1-2H3,(H,20,23). The molecule has 1 aromatic heterocycles. The number of piperidine rings is 1. The van der Waals surface area contributed by atoms with E-state index in [4.69, 9.17) is 0 Å². The van der Waals surface area contributed by atoms with Crippen LogP contribution in [-0.4, -0.2) is 29.0 Å². The summed E-state index contributed by atoms with van der Waals surface area (Å²) in [5.41, 5.74) is 3.55. The highest BCUT2D eigenvalue weighted by molar-refractivity contribution is 6.03. The summed E-state index contributed by atoms with van der Waals surface area (Å²) >= 11 is 0. The van der Waals surface area contributed by atoms with E-state index in [0.29, 0.717) is 11.6 Å². The number of carbonyl (C=O) groups excluding carboxylic acids is 1. The molecule has 3 rings (SSSR count). The molecule has 23 heavy (non-hydrogen) atoms. The number of benzene rings is 1. The van der Waals surface area contributed by atoms with Gasteiger partial charge in [0.1, 0.15) is 5.69 Å². The summed E-state index contributed by atoms with van der Waals surface area (Å²) in [5, 5.41) is 2.91. The summed E-state index contributed by atoms with van der Waals surface area (Å²) in [6.45, 7) is 6.00. The largest absolute Gasteiger partial charge is 0.341 e. The second kappa shape index (κ2) is 6.77. The summed E-state index contributed by atoms with van der Waals surface area (Å²) in [7, 11) is 0. The van der Waals surface area contributed by atoms with Crippen molar-refractivity contribution in [3.05, 3.63) is 47.3 Å². The second-order valence-corrected chi connectivity index (χ2v) is 6.04. The minimum absolute atomic E-state index is 0.200. The van der Waals surface area contributed by atoms with Crippen LogP contribution in [0.3, 0.4) is 0 Å². The van der Waals surface area contributed by atoms with E-state index in [-0.39, 0.29) is 5.91 Å². The SMILES string of the molecule is Cc1ccc(NC(=O)c2ccnc(N3CCCCC3)n2)cc1C. The molecule has 0 bridgehead atoms. The van der Waals surface area contributed by atoms with Gasteiger partial charge in [-0.3, -0.25) is 4.79 Å². The number of hydrogen-bond donors (Lipinski definition) is 1. The zero-order valence-corrected chi connectivity index (χ0v) is 13.7. The minimum atomic E-state index is -0.200. The number of hydrogen-bond acceptors (Lipinski definition) is 4. The average molecular weight is 310 g/mol. The highest BCUT2D eigenvalue weighted by atomic mass is 16.1. The van der Waals surface area contributed by atoms with E-state index in [9.17, 15) is 4.79 Å². The molecule has 0 saturated carbocycles. The van der Waals surface area contributed by atoms with E-state index in [1.165, 1.54) is 12.0 Å². The van der Waals surface area contributed by atoms with Crippen LogP contribution >= 0.6 is 0 Å². The van der Waals surface area contributed by atoms with Crippen LogP contribution in [0.4, 0.5) is 11.6 Å². The molecule has 0 spiro atoms. The molecule has 5 heteroatoms. The summed E-state index contributed by atoms with van der Waals surface area (Å²) in [5.74, 6) is 0.450. The van der Waals surface area contributed by atoms with Crippen molar-refractivity contribution in [1.29, 1.82) is 0 Å². The third kappa shape index (κ3) is 3.67. The summed E-state index contributed by atoms with van der Waals surface area (Å²) in [6.07, 6.45) is 5.22. The van der Waals surface area contributed by atoms with Crippen molar-refractivity contribution in [2.45, 2.75) is 33.1 Å². The molecule has 0 radical (unpaired) electrons. The first-order valence-electron chi connectivity index (χ1n) is 8.10. The first-order valence-corrected chi connectivity index (χ1v) is 8.10. The van der Waals surface area contributed by atoms with E-state index >= 15 is 0 Å². The topological polar surface area (TPSA) is 58.1 Å². The smallest absolute Gasteiger partial charge is 0.274 e. The molecule has 1 aliphatic rings. The zero-order chi connectivity index (χ0) is 16.2. The van der Waals surface area contributed by atoms with Crippen LogP contribution < -0.4 is 10.2 Å². The molecule has 5 nitrogen and oxygen atoms in total. The second-order valence-electron chi connectivity index (χ2n) is 6.04. The zero-order valence-electron chi connectivity index (χ0n) is 13.7. The van der Waals surface area contributed by atoms with Crippen molar-refractivity contribution in [2.75, 3.05) is 23.3 Å². The number of aryl methyl sites for hydroxylation is 2. The van der Waals surface area contributed by atoms with Crippen molar-refractivity contribution < 1.29 is 4.79 Å². The molecule has 1 saturated heterocycles. The van der Waals surface area contributed by atoms with Gasteiger partial charge < -0.3 is 10.2 Å². The minimum Gasteiger partial charge on any atom is -0.341 e. The Labute approximate surface area is 136 Å². The molecule has 0 atom stereocenters. The maximum atomic E-state index is 12.4. The van der Waals surface area contributed by atoms with Crippen LogP contribution in [0.15, 0.2) is 30.5 Å². The summed E-state index contributed by atoms with van der Waals surface area (Å²) < 4.78 is 0. The van der Waals surface area contributed by atoms with Crippen molar-refractivity contribution in [1.82, 2.24) is 9.97 Å². The number of nitrogens with one attached hydrogen (secondary N) is 1. The lowest BCUT2D eigenvalue weighted by molar-refractivity contribution is 0.102. The molecule has 1 aliphatic heterocycles. The Balaban J connectivity index is 1.75. The average Bonchev–Trinajstić information content (AvgIpc) is 2.59. The van der Waals surface area contributed by atoms with Crippen LogP contribution in [0.1, 0.15) is 40.9 Å². The fraction of sp³-hybridized carbons (Fsp3) is 0.389. The maximum Gasteiger partial charge on any atom is 0.274 e. The van der Waals surface area contributed by atoms with Crippen molar-refractivity contribution in [2.24, 2.45) is 0 Å². The Hall–Kier alpha value is -2.43. The number of aromatic nitrogens is 2. The van der Waals surface area contributed by atoms with Gasteiger partial charge >= 0.3 is 0 Å². The molecular formula is C18H22N4O. The number of nitrogens with zero attached hydrogens (tertiary/aromatic N) is 3. The lowest BCUT2D eigenvalue weighted by Gasteiger charge is -2.26. The van der Waals surface area contributed by atoms with E-state index in [2.05, 4.69) is 27.1 Å². The first kappa shape index (κ1) is 15.5. The van der Waals surface area contributed by atoms with Crippen LogP contribution in [0, 0.1) is 13.8 Å². The van der Waals surface area contributed by atoms with Gasteiger partial charge in [0.2, 0.25) is 5.95 Å². The fourth-order valence-electron chi connectivity index (χ4n) is 2.74. The van der Waals surface area contributed by atoms with E-state index in [0.717, 1.165) is 37.2 Å². The number of carbonyl (C=O) groups is 1. The van der Waals surface area contributed by atoms with Crippen LogP contribution in [-0.2, 0) is 0 Å². The van der Waals surface area contributed by atoms with Crippen LogP contribution in [0.2, 0.25) is 0 Å². The molecule has 2 aromatic rings. The van der Waals surface area contributed by atoms with E-state index in [1.54, 1.807) is 12.3 Å². The molecule has 1 fully saturated rings. The van der Waals surface area contributed by atoms with Gasteiger partial charge in [-0.05, 0) is 62.4 Å². The van der Waals surface area contributed by atoms with Gasteiger partial charge in [-0.25, -0.2) is 9.97 Å².